The van der Waals surface area contributed by atoms with Gasteiger partial charge in [-0.15, -0.1) is 0 Å². The van der Waals surface area contributed by atoms with Crippen LogP contribution in [-0.2, 0) is 19.3 Å². The van der Waals surface area contributed by atoms with Gasteiger partial charge < -0.3 is 4.74 Å². The highest BCUT2D eigenvalue weighted by molar-refractivity contribution is 5.73. The molecule has 0 spiro atoms. The first-order valence-electron chi connectivity index (χ1n) is 17.3. The summed E-state index contributed by atoms with van der Waals surface area (Å²) < 4.78 is 6.61. The third-order valence-corrected chi connectivity index (χ3v) is 11.6. The van der Waals surface area contributed by atoms with Gasteiger partial charge in [0.1, 0.15) is 5.75 Å². The molecule has 0 bridgehead atoms. The summed E-state index contributed by atoms with van der Waals surface area (Å²) in [6, 6.07) is 12.4. The number of aryl methyl sites for hydroxylation is 3. The number of rotatable bonds is 12. The van der Waals surface area contributed by atoms with E-state index < -0.39 is 0 Å². The van der Waals surface area contributed by atoms with Gasteiger partial charge >= 0.3 is 0 Å². The van der Waals surface area contributed by atoms with Gasteiger partial charge in [-0.1, -0.05) is 79.5 Å². The van der Waals surface area contributed by atoms with Crippen LogP contribution in [0.2, 0.25) is 0 Å². The van der Waals surface area contributed by atoms with Gasteiger partial charge in [-0.05, 0) is 146 Å². The standard InChI is InChI=1S/C39H60O/c1-8-29-24-35(34-20-18-33(19-21-34)32-16-14-28(7)15-17-32)22-23-36(29)37-25-31(10-3)38(26-30(37)9-2)40-27-39(11-4,12-5)13-6/h22-26,28,32-34H,8-21,27H2,1-7H3. The zero-order valence-electron chi connectivity index (χ0n) is 27.2. The van der Waals surface area contributed by atoms with Crippen LogP contribution in [0.25, 0.3) is 11.1 Å². The van der Waals surface area contributed by atoms with Gasteiger partial charge in [-0.3, -0.25) is 0 Å². The van der Waals surface area contributed by atoms with Crippen molar-refractivity contribution in [1.29, 1.82) is 0 Å². The van der Waals surface area contributed by atoms with E-state index >= 15 is 0 Å². The van der Waals surface area contributed by atoms with Gasteiger partial charge in [0.2, 0.25) is 0 Å². The number of benzene rings is 2. The zero-order valence-corrected chi connectivity index (χ0v) is 27.2. The number of hydrogen-bond acceptors (Lipinski definition) is 1. The average Bonchev–Trinajstić information content (AvgIpc) is 3.01. The van der Waals surface area contributed by atoms with E-state index in [4.69, 9.17) is 4.74 Å². The Bertz CT molecular complexity index is 1050. The average molecular weight is 545 g/mol. The van der Waals surface area contributed by atoms with Gasteiger partial charge in [0.05, 0.1) is 6.61 Å². The summed E-state index contributed by atoms with van der Waals surface area (Å²) in [5, 5.41) is 0. The number of hydrogen-bond donors (Lipinski definition) is 0. The first kappa shape index (κ1) is 31.2. The van der Waals surface area contributed by atoms with E-state index in [1.165, 1.54) is 98.4 Å². The Morgan fingerprint density at radius 2 is 1.18 bits per heavy atom. The highest BCUT2D eigenvalue weighted by atomic mass is 16.5. The van der Waals surface area contributed by atoms with Crippen LogP contribution in [0.5, 0.6) is 5.75 Å². The number of ether oxygens (including phenoxy) is 1. The molecular formula is C39H60O. The van der Waals surface area contributed by atoms with Crippen LogP contribution in [0.4, 0.5) is 0 Å². The van der Waals surface area contributed by atoms with Crippen LogP contribution >= 0.6 is 0 Å². The lowest BCUT2D eigenvalue weighted by molar-refractivity contribution is 0.127. The first-order chi connectivity index (χ1) is 19.4. The maximum atomic E-state index is 6.61. The summed E-state index contributed by atoms with van der Waals surface area (Å²) in [4.78, 5) is 0. The molecule has 0 amide bonds. The fraction of sp³-hybridized carbons (Fsp3) is 0.692. The van der Waals surface area contributed by atoms with Crippen LogP contribution < -0.4 is 4.74 Å². The van der Waals surface area contributed by atoms with Crippen molar-refractivity contribution in [1.82, 2.24) is 0 Å². The van der Waals surface area contributed by atoms with Gasteiger partial charge in [0, 0.05) is 5.41 Å². The molecule has 222 valence electrons. The Hall–Kier alpha value is -1.76. The molecule has 0 saturated heterocycles. The lowest BCUT2D eigenvalue weighted by Crippen LogP contribution is -2.26. The van der Waals surface area contributed by atoms with Gasteiger partial charge in [-0.2, -0.15) is 0 Å². The molecule has 4 rings (SSSR count). The Morgan fingerprint density at radius 1 is 0.625 bits per heavy atom. The molecule has 0 atom stereocenters. The quantitative estimate of drug-likeness (QED) is 0.258. The summed E-state index contributed by atoms with van der Waals surface area (Å²) in [5.74, 6) is 4.83. The monoisotopic (exact) mass is 544 g/mol. The van der Waals surface area contributed by atoms with E-state index in [2.05, 4.69) is 78.8 Å². The van der Waals surface area contributed by atoms with E-state index in [0.717, 1.165) is 55.3 Å². The van der Waals surface area contributed by atoms with Crippen molar-refractivity contribution in [3.05, 3.63) is 52.6 Å². The largest absolute Gasteiger partial charge is 0.493 e. The smallest absolute Gasteiger partial charge is 0.122 e. The molecule has 0 aromatic heterocycles. The van der Waals surface area contributed by atoms with E-state index in [9.17, 15) is 0 Å². The third-order valence-electron chi connectivity index (χ3n) is 11.6. The molecule has 0 unspecified atom stereocenters. The molecule has 1 heteroatoms. The SMILES string of the molecule is CCc1cc(-c2ccc(C3CCC(C4CCC(C)CC4)CC3)cc2CC)c(CC)cc1OCC(CC)(CC)CC. The minimum atomic E-state index is 0.287. The van der Waals surface area contributed by atoms with E-state index in [1.807, 2.05) is 0 Å². The van der Waals surface area contributed by atoms with Crippen molar-refractivity contribution in [3.8, 4) is 16.9 Å². The molecule has 2 aromatic carbocycles. The molecule has 0 aliphatic heterocycles. The van der Waals surface area contributed by atoms with Crippen molar-refractivity contribution in [2.24, 2.45) is 23.2 Å². The molecule has 2 aliphatic rings. The normalized spacial score (nSPS) is 23.8. The zero-order chi connectivity index (χ0) is 28.7. The molecule has 2 fully saturated rings. The lowest BCUT2D eigenvalue weighted by Gasteiger charge is -2.37. The maximum Gasteiger partial charge on any atom is 0.122 e. The van der Waals surface area contributed by atoms with Crippen LogP contribution in [0, 0.1) is 23.2 Å². The molecular weight excluding hydrogens is 484 g/mol. The topological polar surface area (TPSA) is 9.23 Å². The second-order valence-electron chi connectivity index (χ2n) is 13.6. The van der Waals surface area contributed by atoms with E-state index in [-0.39, 0.29) is 5.41 Å². The molecule has 1 nitrogen and oxygen atoms in total. The summed E-state index contributed by atoms with van der Waals surface area (Å²) in [6.07, 6.45) is 18.2. The third kappa shape index (κ3) is 6.99. The molecule has 2 saturated carbocycles. The van der Waals surface area contributed by atoms with Crippen molar-refractivity contribution in [3.63, 3.8) is 0 Å². The van der Waals surface area contributed by atoms with Crippen molar-refractivity contribution < 1.29 is 4.74 Å². The van der Waals surface area contributed by atoms with Crippen LogP contribution in [0.3, 0.4) is 0 Å². The first-order valence-corrected chi connectivity index (χ1v) is 17.3. The summed E-state index contributed by atoms with van der Waals surface area (Å²) in [6.45, 7) is 17.1. The molecule has 0 N–H and O–H groups in total. The minimum Gasteiger partial charge on any atom is -0.493 e. The van der Waals surface area contributed by atoms with Gasteiger partial charge in [0.15, 0.2) is 0 Å². The van der Waals surface area contributed by atoms with E-state index in [1.54, 1.807) is 5.56 Å². The predicted octanol–water partition coefficient (Wildman–Crippen LogP) is 11.7. The van der Waals surface area contributed by atoms with Crippen LogP contribution in [-0.4, -0.2) is 6.61 Å². The van der Waals surface area contributed by atoms with Crippen molar-refractivity contribution in [2.45, 2.75) is 144 Å². The van der Waals surface area contributed by atoms with Crippen molar-refractivity contribution in [2.75, 3.05) is 6.61 Å². The van der Waals surface area contributed by atoms with Crippen LogP contribution in [0.1, 0.15) is 147 Å². The fourth-order valence-electron chi connectivity index (χ4n) is 8.01. The van der Waals surface area contributed by atoms with Gasteiger partial charge in [0.25, 0.3) is 0 Å². The highest BCUT2D eigenvalue weighted by Crippen LogP contribution is 2.45. The minimum absolute atomic E-state index is 0.287. The summed E-state index contributed by atoms with van der Waals surface area (Å²) in [5.41, 5.74) is 9.05. The lowest BCUT2D eigenvalue weighted by atomic mass is 9.68. The Balaban J connectivity index is 1.52. The summed E-state index contributed by atoms with van der Waals surface area (Å²) >= 11 is 0. The highest BCUT2D eigenvalue weighted by Gasteiger charge is 2.31. The molecule has 0 heterocycles. The predicted molar refractivity (Wildman–Crippen MR) is 175 cm³/mol. The Morgan fingerprint density at radius 3 is 1.73 bits per heavy atom. The molecule has 40 heavy (non-hydrogen) atoms. The summed E-state index contributed by atoms with van der Waals surface area (Å²) in [7, 11) is 0. The fourth-order valence-corrected chi connectivity index (χ4v) is 8.01. The molecule has 2 aromatic rings. The van der Waals surface area contributed by atoms with Crippen LogP contribution in [0.15, 0.2) is 30.3 Å². The second kappa shape index (κ2) is 14.4. The van der Waals surface area contributed by atoms with Crippen molar-refractivity contribution >= 4 is 0 Å². The van der Waals surface area contributed by atoms with Gasteiger partial charge in [-0.25, -0.2) is 0 Å². The Kier molecular flexibility index (Phi) is 11.2. The Labute approximate surface area is 247 Å². The maximum absolute atomic E-state index is 6.61. The molecule has 0 radical (unpaired) electrons. The molecule has 2 aliphatic carbocycles. The van der Waals surface area contributed by atoms with E-state index in [0.29, 0.717) is 0 Å². The second-order valence-corrected chi connectivity index (χ2v) is 13.6.